The molecule has 0 aromatic rings. The minimum absolute atomic E-state index is 0.0925. The van der Waals surface area contributed by atoms with Gasteiger partial charge in [-0.3, -0.25) is 0 Å². The van der Waals surface area contributed by atoms with Crippen molar-refractivity contribution in [1.82, 2.24) is 0 Å². The van der Waals surface area contributed by atoms with Crippen LogP contribution < -0.4 is 0 Å². The molecule has 1 rings (SSSR count). The molecule has 0 saturated heterocycles. The highest BCUT2D eigenvalue weighted by Crippen LogP contribution is 2.36. The molecule has 5 heteroatoms. The molecule has 1 saturated carbocycles. The summed E-state index contributed by atoms with van der Waals surface area (Å²) in [6, 6.07) is 1.84. The van der Waals surface area contributed by atoms with Crippen molar-refractivity contribution in [2.75, 3.05) is 6.26 Å². The lowest BCUT2D eigenvalue weighted by molar-refractivity contribution is 0.0558. The Hall–Kier alpha value is -0.600. The predicted octanol–water partition coefficient (Wildman–Crippen LogP) is 0.228. The van der Waals surface area contributed by atoms with Crippen LogP contribution in [-0.4, -0.2) is 30.6 Å². The summed E-state index contributed by atoms with van der Waals surface area (Å²) in [4.78, 5) is 0. The average molecular weight is 203 g/mol. The molecular weight excluding hydrogens is 190 g/mol. The Kier molecular flexibility index (Phi) is 2.64. The quantitative estimate of drug-likeness (QED) is 0.696. The fraction of sp³-hybridized carbons (Fsp3) is 0.875. The van der Waals surface area contributed by atoms with Crippen molar-refractivity contribution >= 4 is 9.84 Å². The molecule has 13 heavy (non-hydrogen) atoms. The number of hydrogen-bond donors (Lipinski definition) is 1. The molecule has 0 aliphatic heterocycles. The van der Waals surface area contributed by atoms with Crippen LogP contribution >= 0.6 is 0 Å². The van der Waals surface area contributed by atoms with Crippen LogP contribution in [0.4, 0.5) is 0 Å². The molecule has 1 aliphatic rings. The normalized spacial score (nSPS) is 34.4. The monoisotopic (exact) mass is 203 g/mol. The summed E-state index contributed by atoms with van der Waals surface area (Å²) >= 11 is 0. The van der Waals surface area contributed by atoms with E-state index >= 15 is 0 Å². The van der Waals surface area contributed by atoms with E-state index in [0.29, 0.717) is 19.3 Å². The highest BCUT2D eigenvalue weighted by Gasteiger charge is 2.46. The van der Waals surface area contributed by atoms with E-state index in [9.17, 15) is 13.5 Å². The zero-order chi connectivity index (χ0) is 10.1. The highest BCUT2D eigenvalue weighted by molar-refractivity contribution is 7.91. The second kappa shape index (κ2) is 3.28. The van der Waals surface area contributed by atoms with Gasteiger partial charge in [0.15, 0.2) is 9.84 Å². The third kappa shape index (κ3) is 2.01. The number of hydrogen-bond acceptors (Lipinski definition) is 4. The molecule has 0 radical (unpaired) electrons. The van der Waals surface area contributed by atoms with Gasteiger partial charge in [0.2, 0.25) is 0 Å². The zero-order valence-corrected chi connectivity index (χ0v) is 8.34. The Balaban J connectivity index is 2.94. The first-order valence-electron chi connectivity index (χ1n) is 4.18. The second-order valence-corrected chi connectivity index (χ2v) is 5.88. The molecule has 0 amide bonds. The van der Waals surface area contributed by atoms with E-state index in [0.717, 1.165) is 6.26 Å². The molecule has 1 fully saturated rings. The van der Waals surface area contributed by atoms with Crippen LogP contribution in [0.3, 0.4) is 0 Å². The van der Waals surface area contributed by atoms with Crippen LogP contribution in [0.1, 0.15) is 25.7 Å². The van der Waals surface area contributed by atoms with Gasteiger partial charge < -0.3 is 5.11 Å². The van der Waals surface area contributed by atoms with E-state index in [4.69, 9.17) is 5.26 Å². The maximum Gasteiger partial charge on any atom is 0.153 e. The van der Waals surface area contributed by atoms with E-state index < -0.39 is 20.7 Å². The molecule has 2 atom stereocenters. The van der Waals surface area contributed by atoms with Gasteiger partial charge in [-0.15, -0.1) is 0 Å². The standard InChI is InChI=1S/C8H13NO3S/c1-13(11,12)7-3-2-4-8(7,10)5-6-9/h7,10H,2-5H2,1H3. The second-order valence-electron chi connectivity index (χ2n) is 3.65. The zero-order valence-electron chi connectivity index (χ0n) is 7.52. The third-order valence-electron chi connectivity index (χ3n) is 2.58. The molecule has 74 valence electrons. The van der Waals surface area contributed by atoms with Crippen LogP contribution in [0.2, 0.25) is 0 Å². The lowest BCUT2D eigenvalue weighted by Gasteiger charge is -2.25. The summed E-state index contributed by atoms with van der Waals surface area (Å²) in [6.45, 7) is 0. The van der Waals surface area contributed by atoms with Crippen LogP contribution in [0.15, 0.2) is 0 Å². The van der Waals surface area contributed by atoms with Crippen molar-refractivity contribution in [3.8, 4) is 6.07 Å². The van der Waals surface area contributed by atoms with Gasteiger partial charge >= 0.3 is 0 Å². The summed E-state index contributed by atoms with van der Waals surface area (Å²) in [7, 11) is -3.23. The van der Waals surface area contributed by atoms with Crippen molar-refractivity contribution < 1.29 is 13.5 Å². The Morgan fingerprint density at radius 2 is 2.31 bits per heavy atom. The first-order chi connectivity index (χ1) is 5.90. The van der Waals surface area contributed by atoms with Crippen molar-refractivity contribution in [2.24, 2.45) is 0 Å². The maximum absolute atomic E-state index is 11.3. The van der Waals surface area contributed by atoms with Gasteiger partial charge in [-0.1, -0.05) is 0 Å². The van der Waals surface area contributed by atoms with Gasteiger partial charge in [0.05, 0.1) is 23.3 Å². The third-order valence-corrected chi connectivity index (χ3v) is 4.29. The predicted molar refractivity (Wildman–Crippen MR) is 47.7 cm³/mol. The minimum Gasteiger partial charge on any atom is -0.387 e. The molecule has 0 spiro atoms. The van der Waals surface area contributed by atoms with Gasteiger partial charge in [-0.05, 0) is 19.3 Å². The molecule has 0 aromatic heterocycles. The Labute approximate surface area is 78.1 Å². The van der Waals surface area contributed by atoms with E-state index in [-0.39, 0.29) is 6.42 Å². The van der Waals surface area contributed by atoms with Crippen molar-refractivity contribution in [2.45, 2.75) is 36.5 Å². The van der Waals surface area contributed by atoms with Crippen molar-refractivity contribution in [3.63, 3.8) is 0 Å². The number of sulfone groups is 1. The molecule has 4 nitrogen and oxygen atoms in total. The lowest BCUT2D eigenvalue weighted by Crippen LogP contribution is -2.41. The van der Waals surface area contributed by atoms with Gasteiger partial charge in [-0.2, -0.15) is 5.26 Å². The van der Waals surface area contributed by atoms with Crippen LogP contribution in [-0.2, 0) is 9.84 Å². The van der Waals surface area contributed by atoms with Crippen molar-refractivity contribution in [3.05, 3.63) is 0 Å². The molecule has 2 unspecified atom stereocenters. The molecule has 1 aliphatic carbocycles. The molecule has 0 bridgehead atoms. The highest BCUT2D eigenvalue weighted by atomic mass is 32.2. The fourth-order valence-electron chi connectivity index (χ4n) is 1.97. The van der Waals surface area contributed by atoms with E-state index in [2.05, 4.69) is 0 Å². The SMILES string of the molecule is CS(=O)(=O)C1CCCC1(O)CC#N. The van der Waals surface area contributed by atoms with Crippen LogP contribution in [0.25, 0.3) is 0 Å². The van der Waals surface area contributed by atoms with E-state index in [1.54, 1.807) is 0 Å². The first kappa shape index (κ1) is 10.5. The van der Waals surface area contributed by atoms with E-state index in [1.807, 2.05) is 6.07 Å². The van der Waals surface area contributed by atoms with Gasteiger partial charge in [0, 0.05) is 6.26 Å². The number of rotatable bonds is 2. The van der Waals surface area contributed by atoms with E-state index in [1.165, 1.54) is 0 Å². The number of aliphatic hydroxyl groups is 1. The molecular formula is C8H13NO3S. The number of nitrogens with zero attached hydrogens (tertiary/aromatic N) is 1. The van der Waals surface area contributed by atoms with Gasteiger partial charge in [-0.25, -0.2) is 8.42 Å². The summed E-state index contributed by atoms with van der Waals surface area (Å²) in [5, 5.41) is 17.6. The molecule has 1 N–H and O–H groups in total. The van der Waals surface area contributed by atoms with Crippen molar-refractivity contribution in [1.29, 1.82) is 5.26 Å². The molecule has 0 heterocycles. The summed E-state index contributed by atoms with van der Waals surface area (Å²) in [6.07, 6.45) is 2.58. The van der Waals surface area contributed by atoms with Crippen LogP contribution in [0.5, 0.6) is 0 Å². The van der Waals surface area contributed by atoms with Crippen LogP contribution in [0, 0.1) is 11.3 Å². The first-order valence-corrected chi connectivity index (χ1v) is 6.14. The Morgan fingerprint density at radius 3 is 2.77 bits per heavy atom. The maximum atomic E-state index is 11.3. The topological polar surface area (TPSA) is 78.2 Å². The largest absolute Gasteiger partial charge is 0.387 e. The summed E-state index contributed by atoms with van der Waals surface area (Å²) in [5.74, 6) is 0. The Bertz CT molecular complexity index is 330. The summed E-state index contributed by atoms with van der Waals surface area (Å²) < 4.78 is 22.5. The van der Waals surface area contributed by atoms with Gasteiger partial charge in [0.25, 0.3) is 0 Å². The fourth-order valence-corrected chi connectivity index (χ4v) is 3.57. The molecule has 0 aromatic carbocycles. The summed E-state index contributed by atoms with van der Waals surface area (Å²) in [5.41, 5.74) is -1.30. The smallest absolute Gasteiger partial charge is 0.153 e. The lowest BCUT2D eigenvalue weighted by atomic mass is 9.99. The number of nitriles is 1. The van der Waals surface area contributed by atoms with Gasteiger partial charge in [0.1, 0.15) is 0 Å². The Morgan fingerprint density at radius 1 is 1.69 bits per heavy atom. The minimum atomic E-state index is -3.23. The average Bonchev–Trinajstić information content (AvgIpc) is 2.30.